The average Bonchev–Trinajstić information content (AvgIpc) is 3.33. The molecule has 1 aromatic carbocycles. The van der Waals surface area contributed by atoms with Crippen LogP contribution in [0.15, 0.2) is 22.6 Å². The van der Waals surface area contributed by atoms with Gasteiger partial charge in [0.05, 0.1) is 13.7 Å². The lowest BCUT2D eigenvalue weighted by atomic mass is 10.1. The van der Waals surface area contributed by atoms with E-state index in [1.807, 2.05) is 6.07 Å². The van der Waals surface area contributed by atoms with Gasteiger partial charge in [-0.1, -0.05) is 12.1 Å². The number of fused-ring (bicyclic) bond motifs is 1. The van der Waals surface area contributed by atoms with Crippen molar-refractivity contribution in [1.29, 1.82) is 0 Å². The van der Waals surface area contributed by atoms with Crippen LogP contribution >= 0.6 is 0 Å². The van der Waals surface area contributed by atoms with Crippen molar-refractivity contribution in [3.8, 4) is 5.75 Å². The third-order valence-electron chi connectivity index (χ3n) is 4.13. The van der Waals surface area contributed by atoms with Crippen LogP contribution < -0.4 is 10.1 Å². The van der Waals surface area contributed by atoms with Crippen molar-refractivity contribution in [2.24, 2.45) is 0 Å². The highest BCUT2D eigenvalue weighted by atomic mass is 16.5. The Balaban J connectivity index is 1.78. The van der Waals surface area contributed by atoms with Crippen LogP contribution in [0.5, 0.6) is 5.75 Å². The van der Waals surface area contributed by atoms with Crippen LogP contribution in [-0.4, -0.2) is 13.2 Å². The molecule has 2 aliphatic carbocycles. The first-order valence-corrected chi connectivity index (χ1v) is 7.18. The number of hydrogen-bond donors (Lipinski definition) is 1. The van der Waals surface area contributed by atoms with E-state index in [0.29, 0.717) is 12.0 Å². The molecule has 1 N–H and O–H groups in total. The minimum absolute atomic E-state index is 0.698. The maximum Gasteiger partial charge on any atom is 0.176 e. The second-order valence-electron chi connectivity index (χ2n) is 5.71. The van der Waals surface area contributed by atoms with Crippen molar-refractivity contribution in [3.05, 3.63) is 29.5 Å². The van der Waals surface area contributed by atoms with Crippen LogP contribution in [0, 0.1) is 0 Å². The van der Waals surface area contributed by atoms with E-state index in [1.54, 1.807) is 7.11 Å². The number of para-hydroxylation sites is 1. The second kappa shape index (κ2) is 4.27. The lowest BCUT2D eigenvalue weighted by Crippen LogP contribution is -2.15. The number of benzene rings is 1. The summed E-state index contributed by atoms with van der Waals surface area (Å²) in [4.78, 5) is 0. The first kappa shape index (κ1) is 11.4. The van der Waals surface area contributed by atoms with Gasteiger partial charge in [-0.25, -0.2) is 0 Å². The van der Waals surface area contributed by atoms with E-state index in [4.69, 9.17) is 9.15 Å². The Morgan fingerprint density at radius 2 is 2.11 bits per heavy atom. The number of nitrogens with one attached hydrogen (secondary N) is 1. The standard InChI is InChI=1S/C16H19NO2/c1-18-13-4-2-3-12-15(10-5-6-10)14(19-16(12)13)9-17-11-7-8-11/h2-4,10-11,17H,5-9H2,1H3. The van der Waals surface area contributed by atoms with E-state index in [2.05, 4.69) is 17.4 Å². The van der Waals surface area contributed by atoms with Crippen LogP contribution in [0.1, 0.15) is 42.9 Å². The van der Waals surface area contributed by atoms with Gasteiger partial charge in [-0.15, -0.1) is 0 Å². The van der Waals surface area contributed by atoms with E-state index in [0.717, 1.165) is 23.6 Å². The van der Waals surface area contributed by atoms with Crippen LogP contribution in [0.3, 0.4) is 0 Å². The molecule has 0 amide bonds. The van der Waals surface area contributed by atoms with Crippen molar-refractivity contribution >= 4 is 11.0 Å². The molecule has 0 saturated heterocycles. The monoisotopic (exact) mass is 257 g/mol. The summed E-state index contributed by atoms with van der Waals surface area (Å²) >= 11 is 0. The highest BCUT2D eigenvalue weighted by Gasteiger charge is 2.32. The van der Waals surface area contributed by atoms with Crippen LogP contribution in [0.25, 0.3) is 11.0 Å². The second-order valence-corrected chi connectivity index (χ2v) is 5.71. The number of furan rings is 1. The highest BCUT2D eigenvalue weighted by molar-refractivity contribution is 5.88. The van der Waals surface area contributed by atoms with Gasteiger partial charge in [0.1, 0.15) is 5.76 Å². The summed E-state index contributed by atoms with van der Waals surface area (Å²) in [6.45, 7) is 0.855. The summed E-state index contributed by atoms with van der Waals surface area (Å²) in [6, 6.07) is 6.90. The third-order valence-corrected chi connectivity index (χ3v) is 4.13. The van der Waals surface area contributed by atoms with Gasteiger partial charge < -0.3 is 14.5 Å². The van der Waals surface area contributed by atoms with Crippen LogP contribution in [0.4, 0.5) is 0 Å². The fraction of sp³-hybridized carbons (Fsp3) is 0.500. The summed E-state index contributed by atoms with van der Waals surface area (Å²) in [5.41, 5.74) is 2.33. The van der Waals surface area contributed by atoms with E-state index in [-0.39, 0.29) is 0 Å². The van der Waals surface area contributed by atoms with Crippen molar-refractivity contribution in [1.82, 2.24) is 5.32 Å². The SMILES string of the molecule is COc1cccc2c(C3CC3)c(CNC3CC3)oc12. The molecule has 1 heterocycles. The third kappa shape index (κ3) is 2.02. The molecule has 3 nitrogen and oxygen atoms in total. The molecule has 19 heavy (non-hydrogen) atoms. The molecule has 0 bridgehead atoms. The Labute approximate surface area is 112 Å². The van der Waals surface area contributed by atoms with E-state index >= 15 is 0 Å². The number of rotatable bonds is 5. The molecule has 2 fully saturated rings. The molecule has 2 aromatic rings. The molecule has 4 rings (SSSR count). The van der Waals surface area contributed by atoms with Gasteiger partial charge in [0, 0.05) is 17.0 Å². The average molecular weight is 257 g/mol. The van der Waals surface area contributed by atoms with Crippen molar-refractivity contribution in [2.45, 2.75) is 44.2 Å². The first-order chi connectivity index (χ1) is 9.36. The summed E-state index contributed by atoms with van der Waals surface area (Å²) in [5, 5.41) is 4.80. The molecule has 2 saturated carbocycles. The predicted molar refractivity (Wildman–Crippen MR) is 74.6 cm³/mol. The number of methoxy groups -OCH3 is 1. The zero-order chi connectivity index (χ0) is 12.8. The molecule has 3 heteroatoms. The van der Waals surface area contributed by atoms with Crippen LogP contribution in [0.2, 0.25) is 0 Å². The zero-order valence-electron chi connectivity index (χ0n) is 11.2. The maximum atomic E-state index is 6.11. The van der Waals surface area contributed by atoms with Crippen molar-refractivity contribution in [3.63, 3.8) is 0 Å². The Morgan fingerprint density at radius 1 is 1.26 bits per heavy atom. The Kier molecular flexibility index (Phi) is 2.55. The molecule has 1 aromatic heterocycles. The lowest BCUT2D eigenvalue weighted by Gasteiger charge is -2.02. The van der Waals surface area contributed by atoms with E-state index in [1.165, 1.54) is 36.6 Å². The van der Waals surface area contributed by atoms with Gasteiger partial charge in [0.15, 0.2) is 11.3 Å². The fourth-order valence-electron chi connectivity index (χ4n) is 2.80. The quantitative estimate of drug-likeness (QED) is 0.889. The normalized spacial score (nSPS) is 19.0. The zero-order valence-corrected chi connectivity index (χ0v) is 11.2. The summed E-state index contributed by atoms with van der Waals surface area (Å²) in [6.07, 6.45) is 5.20. The molecular weight excluding hydrogens is 238 g/mol. The van der Waals surface area contributed by atoms with Crippen molar-refractivity contribution in [2.75, 3.05) is 7.11 Å². The topological polar surface area (TPSA) is 34.4 Å². The van der Waals surface area contributed by atoms with Gasteiger partial charge >= 0.3 is 0 Å². The van der Waals surface area contributed by atoms with Gasteiger partial charge in [-0.2, -0.15) is 0 Å². The van der Waals surface area contributed by atoms with Gasteiger partial charge in [0.25, 0.3) is 0 Å². The predicted octanol–water partition coefficient (Wildman–Crippen LogP) is 3.57. The first-order valence-electron chi connectivity index (χ1n) is 7.18. The molecule has 0 atom stereocenters. The van der Waals surface area contributed by atoms with Crippen LogP contribution in [-0.2, 0) is 6.54 Å². The molecular formula is C16H19NO2. The molecule has 0 unspecified atom stereocenters. The smallest absolute Gasteiger partial charge is 0.176 e. The fourth-order valence-corrected chi connectivity index (χ4v) is 2.80. The minimum Gasteiger partial charge on any atom is -0.493 e. The number of ether oxygens (including phenoxy) is 1. The molecule has 0 spiro atoms. The van der Waals surface area contributed by atoms with Gasteiger partial charge in [0.2, 0.25) is 0 Å². The number of hydrogen-bond acceptors (Lipinski definition) is 3. The summed E-state index contributed by atoms with van der Waals surface area (Å²) in [5.74, 6) is 2.66. The van der Waals surface area contributed by atoms with Crippen molar-refractivity contribution < 1.29 is 9.15 Å². The Bertz CT molecular complexity index is 608. The lowest BCUT2D eigenvalue weighted by molar-refractivity contribution is 0.406. The largest absolute Gasteiger partial charge is 0.493 e. The summed E-state index contributed by atoms with van der Waals surface area (Å²) < 4.78 is 11.5. The minimum atomic E-state index is 0.698. The maximum absolute atomic E-state index is 6.11. The van der Waals surface area contributed by atoms with E-state index in [9.17, 15) is 0 Å². The van der Waals surface area contributed by atoms with E-state index < -0.39 is 0 Å². The van der Waals surface area contributed by atoms with Gasteiger partial charge in [-0.3, -0.25) is 0 Å². The Hall–Kier alpha value is -1.48. The summed E-state index contributed by atoms with van der Waals surface area (Å²) in [7, 11) is 1.70. The molecule has 0 aliphatic heterocycles. The molecule has 0 radical (unpaired) electrons. The highest BCUT2D eigenvalue weighted by Crippen LogP contribution is 2.47. The molecule has 2 aliphatic rings. The van der Waals surface area contributed by atoms with Gasteiger partial charge in [-0.05, 0) is 37.7 Å². The molecule has 100 valence electrons. The Morgan fingerprint density at radius 3 is 2.79 bits per heavy atom.